The van der Waals surface area contributed by atoms with Crippen molar-refractivity contribution in [1.82, 2.24) is 10.3 Å². The van der Waals surface area contributed by atoms with E-state index in [0.717, 1.165) is 23.9 Å². The summed E-state index contributed by atoms with van der Waals surface area (Å²) in [4.78, 5) is 1.13. The molecule has 0 saturated heterocycles. The van der Waals surface area contributed by atoms with Gasteiger partial charge in [0, 0.05) is 26.0 Å². The first-order chi connectivity index (χ1) is 14.7. The van der Waals surface area contributed by atoms with Gasteiger partial charge >= 0.3 is 22.0 Å². The molecule has 4 heterocycles. The normalized spacial score (nSPS) is 12.5. The second-order valence-electron chi connectivity index (χ2n) is 6.50. The third-order valence-corrected chi connectivity index (χ3v) is 7.07. The van der Waals surface area contributed by atoms with Gasteiger partial charge in [0.15, 0.2) is 0 Å². The molecule has 0 aliphatic heterocycles. The van der Waals surface area contributed by atoms with E-state index < -0.39 is 33.5 Å². The molecule has 0 saturated carbocycles. The van der Waals surface area contributed by atoms with Crippen molar-refractivity contribution in [2.75, 3.05) is 0 Å². The number of hydrogen-bond donors (Lipinski definition) is 1. The standard InChI is InChI=1S/C9H7F2NO4S2.C9H7F2NOS/c1-9(10,11)7-4-5(12-16-7)6-2-3-8(17-6)18(13,14)15;1-9(10,11)8-5-6(12-13-8)7-3-2-4-14-7/h2-4H,1H3,(H,13,14,15);2-5H,1H3. The number of hydrogen-bond acceptors (Lipinski definition) is 8. The highest BCUT2D eigenvalue weighted by molar-refractivity contribution is 7.88. The van der Waals surface area contributed by atoms with Gasteiger partial charge in [0.25, 0.3) is 0 Å². The second kappa shape index (κ2) is 8.77. The molecule has 0 radical (unpaired) electrons. The van der Waals surface area contributed by atoms with Crippen LogP contribution in [0.4, 0.5) is 17.6 Å². The Kier molecular flexibility index (Phi) is 6.60. The number of rotatable bonds is 5. The molecule has 0 aliphatic rings. The van der Waals surface area contributed by atoms with Crippen LogP contribution in [0.5, 0.6) is 0 Å². The molecule has 4 rings (SSSR count). The molecule has 0 spiro atoms. The van der Waals surface area contributed by atoms with E-state index >= 15 is 0 Å². The Labute approximate surface area is 187 Å². The Balaban J connectivity index is 0.000000186. The van der Waals surface area contributed by atoms with E-state index in [2.05, 4.69) is 19.4 Å². The van der Waals surface area contributed by atoms with Crippen LogP contribution in [0, 0.1) is 0 Å². The van der Waals surface area contributed by atoms with Gasteiger partial charge < -0.3 is 9.05 Å². The van der Waals surface area contributed by atoms with E-state index in [0.29, 0.717) is 28.8 Å². The Hall–Kier alpha value is -2.55. The highest BCUT2D eigenvalue weighted by Gasteiger charge is 2.31. The molecule has 0 aromatic carbocycles. The van der Waals surface area contributed by atoms with Crippen LogP contribution in [-0.4, -0.2) is 23.3 Å². The first kappa shape index (κ1) is 24.1. The quantitative estimate of drug-likeness (QED) is 0.249. The molecule has 0 aliphatic carbocycles. The minimum atomic E-state index is -4.30. The summed E-state index contributed by atoms with van der Waals surface area (Å²) in [6.07, 6.45) is 0. The molecule has 7 nitrogen and oxygen atoms in total. The topological polar surface area (TPSA) is 106 Å². The molecule has 1 N–H and O–H groups in total. The van der Waals surface area contributed by atoms with Crippen molar-refractivity contribution in [3.8, 4) is 21.1 Å². The first-order valence-electron chi connectivity index (χ1n) is 8.57. The van der Waals surface area contributed by atoms with E-state index in [4.69, 9.17) is 4.55 Å². The third-order valence-electron chi connectivity index (χ3n) is 3.75. The maximum absolute atomic E-state index is 12.9. The predicted octanol–water partition coefficient (Wildman–Crippen LogP) is 6.28. The van der Waals surface area contributed by atoms with E-state index in [1.807, 2.05) is 11.4 Å². The van der Waals surface area contributed by atoms with E-state index in [1.54, 1.807) is 6.07 Å². The summed E-state index contributed by atoms with van der Waals surface area (Å²) in [7, 11) is -4.30. The fraction of sp³-hybridized carbons (Fsp3) is 0.222. The van der Waals surface area contributed by atoms with Crippen LogP contribution in [0.2, 0.25) is 0 Å². The molecule has 4 aromatic heterocycles. The largest absolute Gasteiger partial charge is 0.354 e. The number of nitrogens with zero attached hydrogens (tertiary/aromatic N) is 2. The molecular formula is C18H14F4N2O5S3. The Morgan fingerprint density at radius 3 is 1.81 bits per heavy atom. The molecular weight excluding hydrogens is 496 g/mol. The smallest absolute Gasteiger partial charge is 0.304 e. The minimum absolute atomic E-state index is 0.0893. The first-order valence-corrected chi connectivity index (χ1v) is 11.7. The molecule has 0 fully saturated rings. The van der Waals surface area contributed by atoms with Crippen molar-refractivity contribution >= 4 is 32.8 Å². The zero-order valence-corrected chi connectivity index (χ0v) is 18.7. The van der Waals surface area contributed by atoms with E-state index in [-0.39, 0.29) is 9.90 Å². The van der Waals surface area contributed by atoms with Gasteiger partial charge in [-0.3, -0.25) is 4.55 Å². The van der Waals surface area contributed by atoms with E-state index in [1.165, 1.54) is 23.5 Å². The molecule has 0 unspecified atom stereocenters. The molecule has 172 valence electrons. The summed E-state index contributed by atoms with van der Waals surface area (Å²) in [6.45, 7) is 1.45. The summed E-state index contributed by atoms with van der Waals surface area (Å²) < 4.78 is 90.6. The van der Waals surface area contributed by atoms with Crippen LogP contribution in [0.15, 0.2) is 55.0 Å². The lowest BCUT2D eigenvalue weighted by Crippen LogP contribution is -2.04. The minimum Gasteiger partial charge on any atom is -0.354 e. The zero-order chi connectivity index (χ0) is 23.7. The highest BCUT2D eigenvalue weighted by Crippen LogP contribution is 2.34. The summed E-state index contributed by atoms with van der Waals surface area (Å²) in [5, 5.41) is 8.86. The van der Waals surface area contributed by atoms with Crippen LogP contribution in [0.25, 0.3) is 21.1 Å². The zero-order valence-electron chi connectivity index (χ0n) is 16.3. The number of halogens is 4. The van der Waals surface area contributed by atoms with Gasteiger partial charge in [-0.2, -0.15) is 26.0 Å². The summed E-state index contributed by atoms with van der Waals surface area (Å²) in [5.41, 5.74) is 0.544. The lowest BCUT2D eigenvalue weighted by atomic mass is 10.2. The average Bonchev–Trinajstić information content (AvgIpc) is 3.48. The fourth-order valence-electron chi connectivity index (χ4n) is 2.22. The van der Waals surface area contributed by atoms with Crippen molar-refractivity contribution < 1.29 is 39.6 Å². The summed E-state index contributed by atoms with van der Waals surface area (Å²) >= 11 is 2.14. The Morgan fingerprint density at radius 1 is 0.906 bits per heavy atom. The lowest BCUT2D eigenvalue weighted by molar-refractivity contribution is -0.0109. The van der Waals surface area contributed by atoms with Gasteiger partial charge in [0.05, 0.1) is 9.75 Å². The van der Waals surface area contributed by atoms with Gasteiger partial charge in [-0.1, -0.05) is 16.4 Å². The highest BCUT2D eigenvalue weighted by atomic mass is 32.3. The second-order valence-corrected chi connectivity index (χ2v) is 10.2. The van der Waals surface area contributed by atoms with Gasteiger partial charge in [-0.05, 0) is 23.6 Å². The number of alkyl halides is 4. The monoisotopic (exact) mass is 510 g/mol. The molecule has 0 amide bonds. The molecule has 0 bridgehead atoms. The Morgan fingerprint density at radius 2 is 1.44 bits per heavy atom. The molecule has 32 heavy (non-hydrogen) atoms. The van der Waals surface area contributed by atoms with Crippen LogP contribution in [0.3, 0.4) is 0 Å². The SMILES string of the molecule is CC(F)(F)c1cc(-c2ccc(S(=O)(=O)O)s2)no1.CC(F)(F)c1cc(-c2cccs2)no1. The summed E-state index contributed by atoms with van der Waals surface area (Å²) in [6, 6.07) is 8.45. The maximum Gasteiger partial charge on any atom is 0.304 e. The molecule has 4 aromatic rings. The third kappa shape index (κ3) is 5.82. The molecule has 0 atom stereocenters. The number of aromatic nitrogens is 2. The fourth-order valence-corrected chi connectivity index (χ4v) is 4.52. The molecule has 14 heteroatoms. The lowest BCUT2D eigenvalue weighted by Gasteiger charge is -2.02. The van der Waals surface area contributed by atoms with Gasteiger partial charge in [0.2, 0.25) is 11.5 Å². The van der Waals surface area contributed by atoms with Crippen molar-refractivity contribution in [2.24, 2.45) is 0 Å². The van der Waals surface area contributed by atoms with Crippen LogP contribution >= 0.6 is 22.7 Å². The van der Waals surface area contributed by atoms with Gasteiger partial charge in [-0.15, -0.1) is 22.7 Å². The van der Waals surface area contributed by atoms with Crippen LogP contribution in [-0.2, 0) is 22.0 Å². The van der Waals surface area contributed by atoms with Crippen LogP contribution < -0.4 is 0 Å². The van der Waals surface area contributed by atoms with Crippen molar-refractivity contribution in [3.05, 3.63) is 53.3 Å². The van der Waals surface area contributed by atoms with Crippen molar-refractivity contribution in [2.45, 2.75) is 29.9 Å². The Bertz CT molecular complexity index is 1280. The van der Waals surface area contributed by atoms with Gasteiger partial charge in [-0.25, -0.2) is 0 Å². The summed E-state index contributed by atoms with van der Waals surface area (Å²) in [5.74, 6) is -7.14. The van der Waals surface area contributed by atoms with E-state index in [9.17, 15) is 26.0 Å². The maximum atomic E-state index is 12.9. The predicted molar refractivity (Wildman–Crippen MR) is 109 cm³/mol. The van der Waals surface area contributed by atoms with Gasteiger partial charge in [0.1, 0.15) is 15.6 Å². The van der Waals surface area contributed by atoms with Crippen molar-refractivity contribution in [3.63, 3.8) is 0 Å². The van der Waals surface area contributed by atoms with Crippen molar-refractivity contribution in [1.29, 1.82) is 0 Å². The number of thiophene rings is 2. The van der Waals surface area contributed by atoms with Crippen LogP contribution in [0.1, 0.15) is 25.4 Å². The average molecular weight is 511 g/mol.